The lowest BCUT2D eigenvalue weighted by Gasteiger charge is -2.07. The fraction of sp³-hybridized carbons (Fsp3) is 0.167. The zero-order chi connectivity index (χ0) is 19.6. The van der Waals surface area contributed by atoms with Crippen molar-refractivity contribution in [1.82, 2.24) is 4.98 Å². The number of aromatic amines is 1. The molecule has 0 radical (unpaired) electrons. The Labute approximate surface area is 153 Å². The molecule has 0 fully saturated rings. The highest BCUT2D eigenvalue weighted by molar-refractivity contribution is 5.95. The number of aromatic nitrogens is 1. The van der Waals surface area contributed by atoms with Gasteiger partial charge >= 0.3 is 5.91 Å². The van der Waals surface area contributed by atoms with Gasteiger partial charge in [0.05, 0.1) is 10.4 Å². The summed E-state index contributed by atoms with van der Waals surface area (Å²) in [4.78, 5) is 24.9. The van der Waals surface area contributed by atoms with Crippen LogP contribution in [-0.4, -0.2) is 27.5 Å². The number of hydrogen-bond acceptors (Lipinski definition) is 6. The number of amides is 1. The summed E-state index contributed by atoms with van der Waals surface area (Å²) in [5.41, 5.74) is 2.10. The molecule has 3 rings (SSSR count). The largest absolute Gasteiger partial charge is 0.493 e. The number of benzene rings is 2. The maximum absolute atomic E-state index is 11.9. The summed E-state index contributed by atoms with van der Waals surface area (Å²) in [7, 11) is 0. The predicted molar refractivity (Wildman–Crippen MR) is 97.6 cm³/mol. The second-order valence-electron chi connectivity index (χ2n) is 5.96. The van der Waals surface area contributed by atoms with Gasteiger partial charge in [0.15, 0.2) is 12.3 Å². The first-order valence-electron chi connectivity index (χ1n) is 7.99. The Bertz CT molecular complexity index is 1070. The molecule has 1 amide bonds. The van der Waals surface area contributed by atoms with Crippen LogP contribution in [0, 0.1) is 24.0 Å². The summed E-state index contributed by atoms with van der Waals surface area (Å²) in [6, 6.07) is 9.61. The number of nitrogens with one attached hydrogen (secondary N) is 1. The number of hydrogen-bond donors (Lipinski definition) is 2. The van der Waals surface area contributed by atoms with Crippen molar-refractivity contribution in [2.45, 2.75) is 13.8 Å². The Balaban J connectivity index is 1.78. The van der Waals surface area contributed by atoms with Crippen molar-refractivity contribution in [3.63, 3.8) is 0 Å². The van der Waals surface area contributed by atoms with Crippen LogP contribution in [0.4, 0.5) is 11.4 Å². The molecule has 0 saturated heterocycles. The van der Waals surface area contributed by atoms with Crippen LogP contribution in [0.2, 0.25) is 0 Å². The molecule has 0 aliphatic heterocycles. The number of nitro groups is 1. The molecule has 3 aromatic rings. The SMILES string of the molecule is Cc1ccc(C)c(OCC(=O)N=Nc2c(O)[nH]c3ccc([N+](=O)[O-])cc23)c1. The van der Waals surface area contributed by atoms with E-state index in [4.69, 9.17) is 4.74 Å². The number of ether oxygens (including phenoxy) is 1. The van der Waals surface area contributed by atoms with Crippen molar-refractivity contribution in [1.29, 1.82) is 0 Å². The first-order valence-corrected chi connectivity index (χ1v) is 7.99. The van der Waals surface area contributed by atoms with E-state index in [1.54, 1.807) is 0 Å². The number of rotatable bonds is 5. The highest BCUT2D eigenvalue weighted by Gasteiger charge is 2.15. The Kier molecular flexibility index (Phi) is 4.84. The molecule has 0 aliphatic rings. The monoisotopic (exact) mass is 368 g/mol. The van der Waals surface area contributed by atoms with E-state index in [0.717, 1.165) is 11.1 Å². The van der Waals surface area contributed by atoms with E-state index in [9.17, 15) is 20.0 Å². The third-order valence-corrected chi connectivity index (χ3v) is 3.90. The van der Waals surface area contributed by atoms with Crippen molar-refractivity contribution in [2.24, 2.45) is 10.2 Å². The Morgan fingerprint density at radius 3 is 2.78 bits per heavy atom. The standard InChI is InChI=1S/C18H16N4O5/c1-10-3-4-11(2)15(7-10)27-9-16(23)20-21-17-13-8-12(22(25)26)5-6-14(13)19-18(17)24/h3-8,19,24H,9H2,1-2H3. The molecule has 9 nitrogen and oxygen atoms in total. The molecule has 2 N–H and O–H groups in total. The Hall–Kier alpha value is -3.75. The van der Waals surface area contributed by atoms with Crippen LogP contribution in [0.15, 0.2) is 46.6 Å². The molecule has 27 heavy (non-hydrogen) atoms. The van der Waals surface area contributed by atoms with Gasteiger partial charge in [0.25, 0.3) is 5.69 Å². The topological polar surface area (TPSA) is 130 Å². The first kappa shape index (κ1) is 18.1. The van der Waals surface area contributed by atoms with Crippen LogP contribution in [0.1, 0.15) is 11.1 Å². The second-order valence-corrected chi connectivity index (χ2v) is 5.96. The minimum absolute atomic E-state index is 0.0474. The van der Waals surface area contributed by atoms with E-state index in [0.29, 0.717) is 11.3 Å². The van der Waals surface area contributed by atoms with E-state index in [2.05, 4.69) is 15.2 Å². The third kappa shape index (κ3) is 3.92. The fourth-order valence-corrected chi connectivity index (χ4v) is 2.50. The van der Waals surface area contributed by atoms with E-state index in [-0.39, 0.29) is 29.2 Å². The van der Waals surface area contributed by atoms with Crippen LogP contribution in [-0.2, 0) is 4.79 Å². The molecule has 0 atom stereocenters. The Morgan fingerprint density at radius 1 is 1.26 bits per heavy atom. The summed E-state index contributed by atoms with van der Waals surface area (Å²) >= 11 is 0. The first-order chi connectivity index (χ1) is 12.8. The number of azo groups is 1. The number of fused-ring (bicyclic) bond motifs is 1. The summed E-state index contributed by atoms with van der Waals surface area (Å²) in [6.07, 6.45) is 0. The zero-order valence-corrected chi connectivity index (χ0v) is 14.6. The van der Waals surface area contributed by atoms with Gasteiger partial charge in [-0.25, -0.2) is 0 Å². The lowest BCUT2D eigenvalue weighted by atomic mass is 10.1. The number of carbonyl (C=O) groups excluding carboxylic acids is 1. The predicted octanol–water partition coefficient (Wildman–Crippen LogP) is 4.09. The van der Waals surface area contributed by atoms with Crippen molar-refractivity contribution < 1.29 is 19.6 Å². The smallest absolute Gasteiger partial charge is 0.302 e. The lowest BCUT2D eigenvalue weighted by molar-refractivity contribution is -0.384. The number of nitro benzene ring substituents is 1. The van der Waals surface area contributed by atoms with Crippen LogP contribution >= 0.6 is 0 Å². The lowest BCUT2D eigenvalue weighted by Crippen LogP contribution is -2.08. The number of non-ortho nitro benzene ring substituents is 1. The van der Waals surface area contributed by atoms with E-state index in [1.807, 2.05) is 32.0 Å². The van der Waals surface area contributed by atoms with Gasteiger partial charge in [0.1, 0.15) is 5.75 Å². The van der Waals surface area contributed by atoms with Gasteiger partial charge in [-0.15, -0.1) is 10.2 Å². The molecule has 0 bridgehead atoms. The molecule has 0 saturated carbocycles. The average molecular weight is 368 g/mol. The van der Waals surface area contributed by atoms with Crippen LogP contribution < -0.4 is 4.74 Å². The Morgan fingerprint density at radius 2 is 2.04 bits per heavy atom. The van der Waals surface area contributed by atoms with Gasteiger partial charge in [-0.2, -0.15) is 0 Å². The number of aromatic hydroxyl groups is 1. The van der Waals surface area contributed by atoms with Gasteiger partial charge in [-0.1, -0.05) is 12.1 Å². The van der Waals surface area contributed by atoms with E-state index in [1.165, 1.54) is 18.2 Å². The van der Waals surface area contributed by atoms with Gasteiger partial charge in [-0.3, -0.25) is 14.9 Å². The summed E-state index contributed by atoms with van der Waals surface area (Å²) in [5.74, 6) is -0.420. The van der Waals surface area contributed by atoms with Gasteiger partial charge < -0.3 is 14.8 Å². The van der Waals surface area contributed by atoms with E-state index < -0.39 is 10.8 Å². The molecule has 1 aromatic heterocycles. The molecule has 138 valence electrons. The minimum Gasteiger partial charge on any atom is -0.493 e. The summed E-state index contributed by atoms with van der Waals surface area (Å²) in [6.45, 7) is 3.45. The van der Waals surface area contributed by atoms with Crippen molar-refractivity contribution >= 4 is 28.2 Å². The summed E-state index contributed by atoms with van der Waals surface area (Å²) in [5, 5.41) is 28.4. The fourth-order valence-electron chi connectivity index (χ4n) is 2.50. The molecule has 9 heteroatoms. The van der Waals surface area contributed by atoms with Gasteiger partial charge in [0, 0.05) is 17.5 Å². The molecule has 0 aliphatic carbocycles. The molecular formula is C18H16N4O5. The molecule has 1 heterocycles. The second kappa shape index (κ2) is 7.24. The molecule has 0 unspecified atom stereocenters. The third-order valence-electron chi connectivity index (χ3n) is 3.90. The quantitative estimate of drug-likeness (QED) is 0.398. The highest BCUT2D eigenvalue weighted by Crippen LogP contribution is 2.37. The van der Waals surface area contributed by atoms with Crippen LogP contribution in [0.3, 0.4) is 0 Å². The molecule has 2 aromatic carbocycles. The average Bonchev–Trinajstić information content (AvgIpc) is 2.94. The maximum atomic E-state index is 11.9. The van der Waals surface area contributed by atoms with Gasteiger partial charge in [0.2, 0.25) is 5.88 Å². The van der Waals surface area contributed by atoms with Crippen molar-refractivity contribution in [2.75, 3.05) is 6.61 Å². The van der Waals surface area contributed by atoms with Crippen molar-refractivity contribution in [3.05, 3.63) is 57.6 Å². The van der Waals surface area contributed by atoms with Crippen LogP contribution in [0.5, 0.6) is 11.6 Å². The van der Waals surface area contributed by atoms with Gasteiger partial charge in [-0.05, 0) is 37.1 Å². The normalized spacial score (nSPS) is 11.2. The highest BCUT2D eigenvalue weighted by atomic mass is 16.6. The van der Waals surface area contributed by atoms with Crippen molar-refractivity contribution in [3.8, 4) is 11.6 Å². The maximum Gasteiger partial charge on any atom is 0.302 e. The number of carbonyl (C=O) groups is 1. The number of nitrogens with zero attached hydrogens (tertiary/aromatic N) is 3. The van der Waals surface area contributed by atoms with E-state index >= 15 is 0 Å². The zero-order valence-electron chi connectivity index (χ0n) is 14.6. The molecule has 0 spiro atoms. The number of H-pyrrole nitrogens is 1. The van der Waals surface area contributed by atoms with Crippen LogP contribution in [0.25, 0.3) is 10.9 Å². The summed E-state index contributed by atoms with van der Waals surface area (Å²) < 4.78 is 5.45. The minimum atomic E-state index is -0.657. The number of aryl methyl sites for hydroxylation is 2. The molecular weight excluding hydrogens is 352 g/mol.